The predicted octanol–water partition coefficient (Wildman–Crippen LogP) is 3.09. The van der Waals surface area contributed by atoms with Gasteiger partial charge in [0.05, 0.1) is 4.47 Å². The lowest BCUT2D eigenvalue weighted by Crippen LogP contribution is -2.44. The van der Waals surface area contributed by atoms with Gasteiger partial charge in [0, 0.05) is 0 Å². The number of carbonyl (C=O) groups is 2. The van der Waals surface area contributed by atoms with Gasteiger partial charge in [-0.3, -0.25) is 10.2 Å². The van der Waals surface area contributed by atoms with Crippen LogP contribution in [0.5, 0.6) is 5.75 Å². The summed E-state index contributed by atoms with van der Waals surface area (Å²) in [6.45, 7) is 1.84. The maximum absolute atomic E-state index is 11.7. The lowest BCUT2D eigenvalue weighted by Gasteiger charge is -2.10. The van der Waals surface area contributed by atoms with Crippen LogP contribution in [-0.2, 0) is 16.1 Å². The summed E-state index contributed by atoms with van der Waals surface area (Å²) in [6, 6.07) is 14.7. The van der Waals surface area contributed by atoms with Crippen LogP contribution in [0.4, 0.5) is 4.79 Å². The van der Waals surface area contributed by atoms with Crippen LogP contribution in [0.2, 0.25) is 0 Å². The summed E-state index contributed by atoms with van der Waals surface area (Å²) in [5.74, 6) is 0.0431. The number of ether oxygens (including phenoxy) is 2. The molecule has 0 aliphatic carbocycles. The third kappa shape index (κ3) is 5.92. The van der Waals surface area contributed by atoms with Crippen LogP contribution in [0.15, 0.2) is 53.0 Å². The second-order valence-corrected chi connectivity index (χ2v) is 5.81. The molecule has 24 heavy (non-hydrogen) atoms. The largest absolute Gasteiger partial charge is 0.483 e. The van der Waals surface area contributed by atoms with Crippen molar-refractivity contribution in [2.75, 3.05) is 6.61 Å². The van der Waals surface area contributed by atoms with E-state index in [0.29, 0.717) is 5.75 Å². The molecule has 2 aromatic carbocycles. The molecule has 0 radical (unpaired) electrons. The number of aryl methyl sites for hydroxylation is 1. The Morgan fingerprint density at radius 1 is 1.08 bits per heavy atom. The van der Waals surface area contributed by atoms with Gasteiger partial charge in [0.15, 0.2) is 6.61 Å². The molecule has 0 aromatic heterocycles. The fourth-order valence-corrected chi connectivity index (χ4v) is 2.39. The van der Waals surface area contributed by atoms with Crippen molar-refractivity contribution in [3.05, 3.63) is 64.1 Å². The molecule has 0 saturated carbocycles. The maximum Gasteiger partial charge on any atom is 0.426 e. The Bertz CT molecular complexity index is 707. The minimum atomic E-state index is -0.747. The van der Waals surface area contributed by atoms with Crippen LogP contribution < -0.4 is 15.6 Å². The molecule has 2 amide bonds. The first kappa shape index (κ1) is 17.8. The van der Waals surface area contributed by atoms with Crippen molar-refractivity contribution in [3.8, 4) is 5.75 Å². The molecule has 0 bridgehead atoms. The number of amides is 2. The van der Waals surface area contributed by atoms with Crippen molar-refractivity contribution >= 4 is 27.9 Å². The molecule has 0 heterocycles. The van der Waals surface area contributed by atoms with E-state index < -0.39 is 12.0 Å². The quantitative estimate of drug-likeness (QED) is 0.766. The molecule has 2 rings (SSSR count). The summed E-state index contributed by atoms with van der Waals surface area (Å²) >= 11 is 3.36. The van der Waals surface area contributed by atoms with E-state index in [9.17, 15) is 9.59 Å². The van der Waals surface area contributed by atoms with Gasteiger partial charge in [0.1, 0.15) is 12.4 Å². The summed E-state index contributed by atoms with van der Waals surface area (Å²) in [7, 11) is 0. The van der Waals surface area contributed by atoms with Gasteiger partial charge in [-0.05, 0) is 46.1 Å². The van der Waals surface area contributed by atoms with Crippen LogP contribution in [0.25, 0.3) is 0 Å². The van der Waals surface area contributed by atoms with Crippen LogP contribution in [-0.4, -0.2) is 18.6 Å². The van der Waals surface area contributed by atoms with Gasteiger partial charge in [-0.25, -0.2) is 10.2 Å². The SMILES string of the molecule is Cc1ccc(OCC(=O)NNC(=O)OCc2ccccc2)c(Br)c1. The Morgan fingerprint density at radius 3 is 2.54 bits per heavy atom. The standard InChI is InChI=1S/C17H17BrN2O4/c1-12-7-8-15(14(18)9-12)23-11-16(21)19-20-17(22)24-10-13-5-3-2-4-6-13/h2-9H,10-11H2,1H3,(H,19,21)(H,20,22). The number of rotatable bonds is 5. The average molecular weight is 393 g/mol. The third-order valence-corrected chi connectivity index (χ3v) is 3.58. The van der Waals surface area contributed by atoms with Gasteiger partial charge < -0.3 is 9.47 Å². The van der Waals surface area contributed by atoms with Crippen molar-refractivity contribution in [2.24, 2.45) is 0 Å². The van der Waals surface area contributed by atoms with E-state index in [1.165, 1.54) is 0 Å². The number of hydrogen-bond donors (Lipinski definition) is 2. The lowest BCUT2D eigenvalue weighted by atomic mass is 10.2. The molecular formula is C17H17BrN2O4. The zero-order valence-corrected chi connectivity index (χ0v) is 14.6. The number of nitrogens with one attached hydrogen (secondary N) is 2. The Morgan fingerprint density at radius 2 is 1.83 bits per heavy atom. The summed E-state index contributed by atoms with van der Waals surface area (Å²) in [5, 5.41) is 0. The number of carbonyl (C=O) groups excluding carboxylic acids is 2. The minimum Gasteiger partial charge on any atom is -0.483 e. The summed E-state index contributed by atoms with van der Waals surface area (Å²) < 4.78 is 11.1. The molecule has 0 aliphatic rings. The molecule has 0 spiro atoms. The first-order valence-electron chi connectivity index (χ1n) is 7.19. The third-order valence-electron chi connectivity index (χ3n) is 2.96. The Labute approximate surface area is 148 Å². The van der Waals surface area contributed by atoms with Crippen molar-refractivity contribution in [1.29, 1.82) is 0 Å². The van der Waals surface area contributed by atoms with Gasteiger partial charge in [-0.2, -0.15) is 0 Å². The van der Waals surface area contributed by atoms with Gasteiger partial charge in [-0.15, -0.1) is 0 Å². The molecule has 0 atom stereocenters. The highest BCUT2D eigenvalue weighted by atomic mass is 79.9. The summed E-state index contributed by atoms with van der Waals surface area (Å²) in [4.78, 5) is 23.1. The van der Waals surface area contributed by atoms with Gasteiger partial charge in [0.2, 0.25) is 0 Å². The molecule has 0 saturated heterocycles. The van der Waals surface area contributed by atoms with Gasteiger partial charge >= 0.3 is 6.09 Å². The molecule has 0 fully saturated rings. The second-order valence-electron chi connectivity index (χ2n) is 4.96. The van der Waals surface area contributed by atoms with Gasteiger partial charge in [0.25, 0.3) is 5.91 Å². The smallest absolute Gasteiger partial charge is 0.426 e. The summed E-state index contributed by atoms with van der Waals surface area (Å²) in [6.07, 6.45) is -0.747. The first-order valence-corrected chi connectivity index (χ1v) is 7.98. The van der Waals surface area contributed by atoms with Crippen LogP contribution in [0, 0.1) is 6.92 Å². The van der Waals surface area contributed by atoms with E-state index in [1.807, 2.05) is 49.4 Å². The first-order chi connectivity index (χ1) is 11.5. The fraction of sp³-hybridized carbons (Fsp3) is 0.176. The molecule has 126 valence electrons. The molecular weight excluding hydrogens is 376 g/mol. The maximum atomic E-state index is 11.7. The van der Waals surface area contributed by atoms with E-state index in [0.717, 1.165) is 15.6 Å². The molecule has 6 nitrogen and oxygen atoms in total. The molecule has 2 N–H and O–H groups in total. The van der Waals surface area contributed by atoms with Crippen LogP contribution >= 0.6 is 15.9 Å². The van der Waals surface area contributed by atoms with E-state index in [1.54, 1.807) is 6.07 Å². The Balaban J connectivity index is 1.68. The van der Waals surface area contributed by atoms with Crippen molar-refractivity contribution in [3.63, 3.8) is 0 Å². The Hall–Kier alpha value is -2.54. The number of halogens is 1. The number of benzene rings is 2. The highest BCUT2D eigenvalue weighted by molar-refractivity contribution is 9.10. The highest BCUT2D eigenvalue weighted by Gasteiger charge is 2.08. The predicted molar refractivity (Wildman–Crippen MR) is 92.3 cm³/mol. The van der Waals surface area contributed by atoms with Crippen LogP contribution in [0.3, 0.4) is 0 Å². The van der Waals surface area contributed by atoms with Crippen molar-refractivity contribution < 1.29 is 19.1 Å². The normalized spacial score (nSPS) is 9.92. The van der Waals surface area contributed by atoms with E-state index in [4.69, 9.17) is 9.47 Å². The Kier molecular flexibility index (Phi) is 6.62. The van der Waals surface area contributed by atoms with E-state index in [-0.39, 0.29) is 13.2 Å². The van der Waals surface area contributed by atoms with Gasteiger partial charge in [-0.1, -0.05) is 36.4 Å². The zero-order chi connectivity index (χ0) is 17.4. The highest BCUT2D eigenvalue weighted by Crippen LogP contribution is 2.25. The van der Waals surface area contributed by atoms with E-state index in [2.05, 4.69) is 26.8 Å². The lowest BCUT2D eigenvalue weighted by molar-refractivity contribution is -0.124. The van der Waals surface area contributed by atoms with Crippen molar-refractivity contribution in [2.45, 2.75) is 13.5 Å². The summed E-state index contributed by atoms with van der Waals surface area (Å²) in [5.41, 5.74) is 6.30. The average Bonchev–Trinajstić information content (AvgIpc) is 2.58. The molecule has 0 aliphatic heterocycles. The topological polar surface area (TPSA) is 76.7 Å². The monoisotopic (exact) mass is 392 g/mol. The molecule has 0 unspecified atom stereocenters. The van der Waals surface area contributed by atoms with E-state index >= 15 is 0 Å². The zero-order valence-electron chi connectivity index (χ0n) is 13.0. The van der Waals surface area contributed by atoms with Crippen molar-refractivity contribution in [1.82, 2.24) is 10.9 Å². The number of hydrogen-bond acceptors (Lipinski definition) is 4. The second kappa shape index (κ2) is 8.93. The molecule has 7 heteroatoms. The van der Waals surface area contributed by atoms with Crippen LogP contribution in [0.1, 0.15) is 11.1 Å². The minimum absolute atomic E-state index is 0.120. The number of hydrazine groups is 1. The molecule has 2 aromatic rings. The fourth-order valence-electron chi connectivity index (χ4n) is 1.78.